The number of hydrogen-bond donors (Lipinski definition) is 3. The molecule has 3 rings (SSSR count). The summed E-state index contributed by atoms with van der Waals surface area (Å²) in [7, 11) is 0. The molecule has 3 amide bonds. The fourth-order valence-electron chi connectivity index (χ4n) is 4.83. The lowest BCUT2D eigenvalue weighted by molar-refractivity contribution is -0.150. The third-order valence-electron chi connectivity index (χ3n) is 6.71. The number of likely N-dealkylation sites (tertiary alicyclic amines) is 1. The van der Waals surface area contributed by atoms with Crippen molar-refractivity contribution in [1.29, 1.82) is 0 Å². The average Bonchev–Trinajstić information content (AvgIpc) is 3.31. The van der Waals surface area contributed by atoms with E-state index in [-0.39, 0.29) is 11.6 Å². The van der Waals surface area contributed by atoms with E-state index in [0.717, 1.165) is 32.1 Å². The van der Waals surface area contributed by atoms with Crippen molar-refractivity contribution in [3.05, 3.63) is 24.3 Å². The number of rotatable bonds is 7. The quantitative estimate of drug-likeness (QED) is 0.548. The van der Waals surface area contributed by atoms with Gasteiger partial charge >= 0.3 is 5.97 Å². The highest BCUT2D eigenvalue weighted by atomic mass is 16.4. The molecule has 2 heterocycles. The number of hydrogen-bond acceptors (Lipinski definition) is 6. The van der Waals surface area contributed by atoms with Crippen LogP contribution in [-0.4, -0.2) is 68.3 Å². The van der Waals surface area contributed by atoms with Gasteiger partial charge in [-0.15, -0.1) is 0 Å². The number of nitrogens with zero attached hydrogens (tertiary/aromatic N) is 3. The Kier molecular flexibility index (Phi) is 8.22. The number of carboxylic acids is 1. The molecule has 186 valence electrons. The topological polar surface area (TPSA) is 142 Å². The first-order valence-corrected chi connectivity index (χ1v) is 12.0. The van der Waals surface area contributed by atoms with E-state index in [1.54, 1.807) is 0 Å². The highest BCUT2D eigenvalue weighted by Gasteiger charge is 2.43. The summed E-state index contributed by atoms with van der Waals surface area (Å²) in [5.41, 5.74) is -0.550. The van der Waals surface area contributed by atoms with E-state index in [0.29, 0.717) is 19.4 Å². The molecule has 2 aliphatic rings. The normalized spacial score (nSPS) is 20.9. The monoisotopic (exact) mass is 473 g/mol. The van der Waals surface area contributed by atoms with Gasteiger partial charge in [-0.25, -0.2) is 9.78 Å². The molecule has 34 heavy (non-hydrogen) atoms. The van der Waals surface area contributed by atoms with Crippen molar-refractivity contribution >= 4 is 23.7 Å². The number of aromatic nitrogens is 2. The van der Waals surface area contributed by atoms with E-state index < -0.39 is 47.2 Å². The lowest BCUT2D eigenvalue weighted by atomic mass is 9.82. The van der Waals surface area contributed by atoms with Gasteiger partial charge in [0.2, 0.25) is 11.8 Å². The predicted octanol–water partition coefficient (Wildman–Crippen LogP) is 1.76. The molecule has 1 aliphatic heterocycles. The molecular weight excluding hydrogens is 438 g/mol. The SMILES string of the molecule is CC(C)(C)C(NC(=O)[C@@H](NC(=O)c1cnccn1)C1CCCCC1)C(=O)N1CCCC1C(=O)O. The van der Waals surface area contributed by atoms with Crippen molar-refractivity contribution in [3.63, 3.8) is 0 Å². The molecule has 10 nitrogen and oxygen atoms in total. The molecule has 0 aromatic carbocycles. The molecule has 2 unspecified atom stereocenters. The number of carbonyl (C=O) groups is 4. The summed E-state index contributed by atoms with van der Waals surface area (Å²) in [6.07, 6.45) is 9.80. The van der Waals surface area contributed by atoms with Gasteiger partial charge in [0.05, 0.1) is 6.20 Å². The van der Waals surface area contributed by atoms with Crippen LogP contribution >= 0.6 is 0 Å². The van der Waals surface area contributed by atoms with Crippen LogP contribution in [0.1, 0.15) is 76.2 Å². The highest BCUT2D eigenvalue weighted by molar-refractivity contribution is 5.97. The van der Waals surface area contributed by atoms with E-state index in [4.69, 9.17) is 0 Å². The van der Waals surface area contributed by atoms with Gasteiger partial charge < -0.3 is 20.6 Å². The van der Waals surface area contributed by atoms with Gasteiger partial charge in [-0.3, -0.25) is 19.4 Å². The van der Waals surface area contributed by atoms with E-state index in [1.807, 2.05) is 20.8 Å². The van der Waals surface area contributed by atoms with Crippen molar-refractivity contribution in [2.24, 2.45) is 11.3 Å². The second-order valence-corrected chi connectivity index (χ2v) is 10.3. The number of nitrogens with one attached hydrogen (secondary N) is 2. The zero-order chi connectivity index (χ0) is 24.9. The maximum Gasteiger partial charge on any atom is 0.326 e. The van der Waals surface area contributed by atoms with Crippen molar-refractivity contribution in [1.82, 2.24) is 25.5 Å². The Morgan fingerprint density at radius 1 is 1.03 bits per heavy atom. The maximum atomic E-state index is 13.6. The molecule has 1 saturated carbocycles. The highest BCUT2D eigenvalue weighted by Crippen LogP contribution is 2.29. The van der Waals surface area contributed by atoms with Crippen LogP contribution in [-0.2, 0) is 14.4 Å². The summed E-state index contributed by atoms with van der Waals surface area (Å²) in [6.45, 7) is 5.83. The lowest BCUT2D eigenvalue weighted by Gasteiger charge is -2.37. The van der Waals surface area contributed by atoms with Gasteiger partial charge in [0.15, 0.2) is 0 Å². The van der Waals surface area contributed by atoms with Crippen LogP contribution in [0.2, 0.25) is 0 Å². The minimum absolute atomic E-state index is 0.0661. The van der Waals surface area contributed by atoms with Crippen molar-refractivity contribution in [3.8, 4) is 0 Å². The molecule has 1 aliphatic carbocycles. The molecule has 1 aromatic heterocycles. The fourth-order valence-corrected chi connectivity index (χ4v) is 4.83. The third-order valence-corrected chi connectivity index (χ3v) is 6.71. The second-order valence-electron chi connectivity index (χ2n) is 10.3. The maximum absolute atomic E-state index is 13.6. The summed E-state index contributed by atoms with van der Waals surface area (Å²) < 4.78 is 0. The van der Waals surface area contributed by atoms with Crippen LogP contribution < -0.4 is 10.6 Å². The van der Waals surface area contributed by atoms with E-state index in [9.17, 15) is 24.3 Å². The lowest BCUT2D eigenvalue weighted by Crippen LogP contribution is -2.61. The Balaban J connectivity index is 1.82. The Morgan fingerprint density at radius 2 is 1.74 bits per heavy atom. The standard InChI is InChI=1S/C24H35N5O5/c1-24(2,3)19(22(32)29-13-7-10-17(29)23(33)34)28-21(31)18(15-8-5-4-6-9-15)27-20(30)16-14-25-11-12-26-16/h11-12,14-15,17-19H,4-10,13H2,1-3H3,(H,27,30)(H,28,31)(H,33,34)/t17?,18-,19?/m0/s1. The molecule has 3 N–H and O–H groups in total. The van der Waals surface area contributed by atoms with Crippen LogP contribution in [0.25, 0.3) is 0 Å². The van der Waals surface area contributed by atoms with Crippen LogP contribution in [0.3, 0.4) is 0 Å². The number of carboxylic acid groups (broad SMARTS) is 1. The van der Waals surface area contributed by atoms with Crippen LogP contribution in [0.4, 0.5) is 0 Å². The predicted molar refractivity (Wildman–Crippen MR) is 124 cm³/mol. The average molecular weight is 474 g/mol. The van der Waals surface area contributed by atoms with Crippen LogP contribution in [0, 0.1) is 11.3 Å². The molecule has 2 fully saturated rings. The van der Waals surface area contributed by atoms with Crippen molar-refractivity contribution < 1.29 is 24.3 Å². The summed E-state index contributed by atoms with van der Waals surface area (Å²) in [5.74, 6) is -2.45. The molecule has 0 bridgehead atoms. The molecule has 0 radical (unpaired) electrons. The first-order valence-electron chi connectivity index (χ1n) is 12.0. The number of aliphatic carboxylic acids is 1. The molecule has 3 atom stereocenters. The van der Waals surface area contributed by atoms with E-state index >= 15 is 0 Å². The van der Waals surface area contributed by atoms with Gasteiger partial charge in [-0.1, -0.05) is 40.0 Å². The van der Waals surface area contributed by atoms with Gasteiger partial charge in [0.25, 0.3) is 5.91 Å². The largest absolute Gasteiger partial charge is 0.480 e. The number of carbonyl (C=O) groups excluding carboxylic acids is 3. The first kappa shape index (κ1) is 25.6. The van der Waals surface area contributed by atoms with Gasteiger partial charge in [0, 0.05) is 18.9 Å². The summed E-state index contributed by atoms with van der Waals surface area (Å²) in [4.78, 5) is 60.7. The smallest absolute Gasteiger partial charge is 0.326 e. The zero-order valence-corrected chi connectivity index (χ0v) is 20.1. The van der Waals surface area contributed by atoms with Crippen molar-refractivity contribution in [2.45, 2.75) is 83.8 Å². The zero-order valence-electron chi connectivity index (χ0n) is 20.1. The number of amides is 3. The molecule has 0 spiro atoms. The summed E-state index contributed by atoms with van der Waals surface area (Å²) in [5, 5.41) is 15.2. The summed E-state index contributed by atoms with van der Waals surface area (Å²) >= 11 is 0. The van der Waals surface area contributed by atoms with E-state index in [2.05, 4.69) is 20.6 Å². The molecule has 1 aromatic rings. The fraction of sp³-hybridized carbons (Fsp3) is 0.667. The summed E-state index contributed by atoms with van der Waals surface area (Å²) in [6, 6.07) is -2.65. The third kappa shape index (κ3) is 6.09. The first-order chi connectivity index (χ1) is 16.1. The Morgan fingerprint density at radius 3 is 2.32 bits per heavy atom. The minimum Gasteiger partial charge on any atom is -0.480 e. The second kappa shape index (κ2) is 10.9. The van der Waals surface area contributed by atoms with Crippen LogP contribution in [0.5, 0.6) is 0 Å². The van der Waals surface area contributed by atoms with Gasteiger partial charge in [-0.05, 0) is 37.0 Å². The molecular formula is C24H35N5O5. The van der Waals surface area contributed by atoms with Crippen molar-refractivity contribution in [2.75, 3.05) is 6.54 Å². The Hall–Kier alpha value is -3.04. The van der Waals surface area contributed by atoms with E-state index in [1.165, 1.54) is 23.5 Å². The van der Waals surface area contributed by atoms with Gasteiger partial charge in [-0.2, -0.15) is 0 Å². The van der Waals surface area contributed by atoms with Crippen LogP contribution in [0.15, 0.2) is 18.6 Å². The molecule has 1 saturated heterocycles. The Labute approximate surface area is 199 Å². The molecule has 10 heteroatoms. The minimum atomic E-state index is -1.04. The Bertz CT molecular complexity index is 895. The van der Waals surface area contributed by atoms with Gasteiger partial charge in [0.1, 0.15) is 23.8 Å².